The first-order valence-corrected chi connectivity index (χ1v) is 12.0. The van der Waals surface area contributed by atoms with E-state index in [1.54, 1.807) is 10.4 Å². The van der Waals surface area contributed by atoms with Crippen LogP contribution in [-0.4, -0.2) is 49.1 Å². The Hall–Kier alpha value is -1.51. The number of aromatic nitrogens is 2. The molecule has 0 aliphatic carbocycles. The van der Waals surface area contributed by atoms with E-state index in [1.165, 1.54) is 24.2 Å². The molecule has 27 heavy (non-hydrogen) atoms. The van der Waals surface area contributed by atoms with Crippen molar-refractivity contribution in [2.75, 3.05) is 31.1 Å². The lowest BCUT2D eigenvalue weighted by Crippen LogP contribution is -2.35. The zero-order chi connectivity index (χ0) is 18.9. The predicted octanol–water partition coefficient (Wildman–Crippen LogP) is 3.62. The maximum absolute atomic E-state index is 12.8. The molecule has 6 nitrogen and oxygen atoms in total. The maximum atomic E-state index is 12.8. The van der Waals surface area contributed by atoms with Gasteiger partial charge in [0.2, 0.25) is 0 Å². The first kappa shape index (κ1) is 18.8. The molecule has 146 valence electrons. The van der Waals surface area contributed by atoms with Gasteiger partial charge in [0, 0.05) is 37.1 Å². The molecule has 2 aromatic rings. The second-order valence-corrected chi connectivity index (χ2v) is 10.7. The molecule has 0 spiro atoms. The van der Waals surface area contributed by atoms with E-state index in [0.29, 0.717) is 23.2 Å². The summed E-state index contributed by atoms with van der Waals surface area (Å²) >= 11 is 1.27. The third kappa shape index (κ3) is 4.02. The highest BCUT2D eigenvalue weighted by Crippen LogP contribution is 2.31. The van der Waals surface area contributed by atoms with E-state index in [0.717, 1.165) is 49.4 Å². The first-order valence-electron chi connectivity index (χ1n) is 9.72. The minimum Gasteiger partial charge on any atom is -0.355 e. The molecule has 2 aromatic heterocycles. The van der Waals surface area contributed by atoms with Crippen LogP contribution >= 0.6 is 11.3 Å². The Morgan fingerprint density at radius 1 is 1.07 bits per heavy atom. The third-order valence-corrected chi connectivity index (χ3v) is 8.73. The summed E-state index contributed by atoms with van der Waals surface area (Å²) in [5, 5.41) is 10.6. The molecule has 0 radical (unpaired) electrons. The molecule has 2 aliphatic heterocycles. The van der Waals surface area contributed by atoms with Gasteiger partial charge in [-0.1, -0.05) is 13.3 Å². The number of sulfonamides is 1. The highest BCUT2D eigenvalue weighted by Gasteiger charge is 2.27. The van der Waals surface area contributed by atoms with E-state index >= 15 is 0 Å². The fourth-order valence-corrected chi connectivity index (χ4v) is 6.71. The summed E-state index contributed by atoms with van der Waals surface area (Å²) in [4.78, 5) is 2.28. The van der Waals surface area contributed by atoms with E-state index < -0.39 is 10.0 Å². The van der Waals surface area contributed by atoms with Crippen molar-refractivity contribution in [2.24, 2.45) is 5.92 Å². The average molecular weight is 407 g/mol. The molecule has 8 heteroatoms. The van der Waals surface area contributed by atoms with Crippen molar-refractivity contribution in [2.45, 2.75) is 43.2 Å². The Balaban J connectivity index is 1.51. The molecule has 4 heterocycles. The molecule has 4 rings (SSSR count). The Morgan fingerprint density at radius 3 is 2.59 bits per heavy atom. The van der Waals surface area contributed by atoms with Gasteiger partial charge in [0.1, 0.15) is 4.21 Å². The van der Waals surface area contributed by atoms with E-state index in [9.17, 15) is 8.42 Å². The van der Waals surface area contributed by atoms with Crippen molar-refractivity contribution in [1.82, 2.24) is 14.5 Å². The molecule has 2 saturated heterocycles. The number of hydrogen-bond donors (Lipinski definition) is 0. The standard InChI is InChI=1S/C19H26N4O2S2/c1-15-6-5-9-22(13-15)18-8-7-17(20-21-18)16-12-19(26-14-16)27(24,25)23-10-3-2-4-11-23/h7-8,12,14-15H,2-6,9-11,13H2,1H3. The largest absolute Gasteiger partial charge is 0.355 e. The molecule has 1 unspecified atom stereocenters. The zero-order valence-electron chi connectivity index (χ0n) is 15.7. The van der Waals surface area contributed by atoms with Crippen molar-refractivity contribution in [3.05, 3.63) is 23.6 Å². The van der Waals surface area contributed by atoms with Gasteiger partial charge in [-0.15, -0.1) is 21.5 Å². The van der Waals surface area contributed by atoms with Gasteiger partial charge in [-0.25, -0.2) is 8.42 Å². The predicted molar refractivity (Wildman–Crippen MR) is 109 cm³/mol. The van der Waals surface area contributed by atoms with E-state index in [4.69, 9.17) is 0 Å². The normalized spacial score (nSPS) is 22.1. The van der Waals surface area contributed by atoms with Gasteiger partial charge < -0.3 is 4.90 Å². The van der Waals surface area contributed by atoms with Crippen molar-refractivity contribution >= 4 is 27.2 Å². The lowest BCUT2D eigenvalue weighted by molar-refractivity contribution is 0.347. The molecule has 2 fully saturated rings. The second-order valence-electron chi connectivity index (χ2n) is 7.59. The summed E-state index contributed by atoms with van der Waals surface area (Å²) in [6.07, 6.45) is 5.45. The molecule has 1 atom stereocenters. The fraction of sp³-hybridized carbons (Fsp3) is 0.579. The van der Waals surface area contributed by atoms with Crippen LogP contribution in [0.4, 0.5) is 5.82 Å². The summed E-state index contributed by atoms with van der Waals surface area (Å²) in [7, 11) is -3.39. The van der Waals surface area contributed by atoms with Gasteiger partial charge in [-0.2, -0.15) is 4.31 Å². The van der Waals surface area contributed by atoms with Crippen LogP contribution in [0.5, 0.6) is 0 Å². The van der Waals surface area contributed by atoms with Crippen LogP contribution in [0.3, 0.4) is 0 Å². The average Bonchev–Trinajstić information content (AvgIpc) is 3.20. The molecule has 2 aliphatic rings. The van der Waals surface area contributed by atoms with Crippen LogP contribution in [0, 0.1) is 5.92 Å². The lowest BCUT2D eigenvalue weighted by atomic mass is 10.0. The quantitative estimate of drug-likeness (QED) is 0.776. The van der Waals surface area contributed by atoms with Crippen LogP contribution < -0.4 is 4.90 Å². The summed E-state index contributed by atoms with van der Waals surface area (Å²) in [6, 6.07) is 5.68. The lowest BCUT2D eigenvalue weighted by Gasteiger charge is -2.31. The van der Waals surface area contributed by atoms with E-state index in [1.807, 2.05) is 17.5 Å². The van der Waals surface area contributed by atoms with Crippen molar-refractivity contribution < 1.29 is 8.42 Å². The number of piperidine rings is 2. The van der Waals surface area contributed by atoms with Gasteiger partial charge in [0.05, 0.1) is 5.69 Å². The van der Waals surface area contributed by atoms with Crippen LogP contribution in [0.25, 0.3) is 11.3 Å². The van der Waals surface area contributed by atoms with E-state index in [2.05, 4.69) is 22.0 Å². The first-order chi connectivity index (χ1) is 13.0. The Bertz CT molecular complexity index is 873. The smallest absolute Gasteiger partial charge is 0.252 e. The van der Waals surface area contributed by atoms with E-state index in [-0.39, 0.29) is 0 Å². The van der Waals surface area contributed by atoms with Gasteiger partial charge in [-0.3, -0.25) is 0 Å². The van der Waals surface area contributed by atoms with Crippen LogP contribution in [0.1, 0.15) is 39.0 Å². The summed E-state index contributed by atoms with van der Waals surface area (Å²) in [5.74, 6) is 1.58. The van der Waals surface area contributed by atoms with Crippen LogP contribution in [0.2, 0.25) is 0 Å². The Kier molecular flexibility index (Phi) is 5.48. The highest BCUT2D eigenvalue weighted by atomic mass is 32.2. The van der Waals surface area contributed by atoms with Crippen molar-refractivity contribution in [3.8, 4) is 11.3 Å². The van der Waals surface area contributed by atoms with Crippen LogP contribution in [0.15, 0.2) is 27.8 Å². The maximum Gasteiger partial charge on any atom is 0.252 e. The molecule has 0 amide bonds. The topological polar surface area (TPSA) is 66.4 Å². The number of hydrogen-bond acceptors (Lipinski definition) is 6. The molecule has 0 N–H and O–H groups in total. The third-order valence-electron chi connectivity index (χ3n) is 5.41. The minimum absolute atomic E-state index is 0.398. The number of thiophene rings is 1. The zero-order valence-corrected chi connectivity index (χ0v) is 17.3. The van der Waals surface area contributed by atoms with Gasteiger partial charge in [-0.05, 0) is 49.8 Å². The van der Waals surface area contributed by atoms with Crippen LogP contribution in [-0.2, 0) is 10.0 Å². The van der Waals surface area contributed by atoms with Crippen molar-refractivity contribution in [3.63, 3.8) is 0 Å². The summed E-state index contributed by atoms with van der Waals surface area (Å²) in [5.41, 5.74) is 1.54. The van der Waals surface area contributed by atoms with Gasteiger partial charge in [0.15, 0.2) is 5.82 Å². The fourth-order valence-electron chi connectivity index (χ4n) is 3.86. The molecule has 0 saturated carbocycles. The molecule has 0 bridgehead atoms. The molecular weight excluding hydrogens is 380 g/mol. The minimum atomic E-state index is -3.39. The Labute approximate surface area is 165 Å². The number of anilines is 1. The number of nitrogens with zero attached hydrogens (tertiary/aromatic N) is 4. The second kappa shape index (κ2) is 7.85. The summed E-state index contributed by atoms with van der Waals surface area (Å²) < 4.78 is 27.6. The number of rotatable bonds is 4. The van der Waals surface area contributed by atoms with Gasteiger partial charge >= 0.3 is 0 Å². The monoisotopic (exact) mass is 406 g/mol. The highest BCUT2D eigenvalue weighted by molar-refractivity contribution is 7.91. The summed E-state index contributed by atoms with van der Waals surface area (Å²) in [6.45, 7) is 5.56. The SMILES string of the molecule is CC1CCCN(c2ccc(-c3csc(S(=O)(=O)N4CCCCC4)c3)nn2)C1. The molecule has 0 aromatic carbocycles. The molecular formula is C19H26N4O2S2. The van der Waals surface area contributed by atoms with Crippen molar-refractivity contribution in [1.29, 1.82) is 0 Å². The van der Waals surface area contributed by atoms with Gasteiger partial charge in [0.25, 0.3) is 10.0 Å². The Morgan fingerprint density at radius 2 is 1.89 bits per heavy atom.